The summed E-state index contributed by atoms with van der Waals surface area (Å²) in [6, 6.07) is 5.37. The normalized spacial score (nSPS) is 23.7. The number of thiazole rings is 1. The molecule has 0 bridgehead atoms. The van der Waals surface area contributed by atoms with Gasteiger partial charge in [-0.15, -0.1) is 11.3 Å². The van der Waals surface area contributed by atoms with E-state index in [1.54, 1.807) is 7.11 Å². The Morgan fingerprint density at radius 2 is 2.03 bits per heavy atom. The van der Waals surface area contributed by atoms with Crippen LogP contribution in [0.25, 0.3) is 10.6 Å². The fourth-order valence-electron chi connectivity index (χ4n) is 4.16. The van der Waals surface area contributed by atoms with Crippen LogP contribution in [-0.4, -0.2) is 41.1 Å². The van der Waals surface area contributed by atoms with E-state index >= 15 is 0 Å². The first-order chi connectivity index (χ1) is 14.5. The highest BCUT2D eigenvalue weighted by molar-refractivity contribution is 7.13. The minimum Gasteiger partial charge on any atom is -0.493 e. The zero-order chi connectivity index (χ0) is 21.3. The van der Waals surface area contributed by atoms with Gasteiger partial charge in [-0.05, 0) is 56.7 Å². The number of amides is 3. The molecule has 3 amide bonds. The third-order valence-electron chi connectivity index (χ3n) is 5.96. The van der Waals surface area contributed by atoms with Crippen molar-refractivity contribution in [1.29, 1.82) is 0 Å². The zero-order valence-electron chi connectivity index (χ0n) is 17.6. The molecule has 30 heavy (non-hydrogen) atoms. The Morgan fingerprint density at radius 1 is 1.27 bits per heavy atom. The van der Waals surface area contributed by atoms with Crippen molar-refractivity contribution in [2.75, 3.05) is 13.7 Å². The topological polar surface area (TPSA) is 80.8 Å². The third-order valence-corrected chi connectivity index (χ3v) is 6.90. The number of ether oxygens (including phenoxy) is 2. The molecule has 160 valence electrons. The molecule has 8 heteroatoms. The van der Waals surface area contributed by atoms with Gasteiger partial charge in [-0.1, -0.05) is 6.92 Å². The molecule has 2 fully saturated rings. The number of hydrogen-bond acceptors (Lipinski definition) is 6. The number of imide groups is 1. The van der Waals surface area contributed by atoms with Crippen LogP contribution in [0.5, 0.6) is 11.5 Å². The van der Waals surface area contributed by atoms with Crippen LogP contribution in [0.2, 0.25) is 0 Å². The highest BCUT2D eigenvalue weighted by Gasteiger charge is 2.52. The SMILES string of the molecule is CCOc1ccc(-c2nc(CN3C(=O)NC4(CCC(C)CC4)C3=O)cs2)cc1OC. The quantitative estimate of drug-likeness (QED) is 0.696. The summed E-state index contributed by atoms with van der Waals surface area (Å²) in [4.78, 5) is 31.6. The summed E-state index contributed by atoms with van der Waals surface area (Å²) in [5, 5.41) is 5.67. The van der Waals surface area contributed by atoms with E-state index in [1.807, 2.05) is 30.5 Å². The molecule has 2 aliphatic rings. The number of aromatic nitrogens is 1. The number of rotatable bonds is 6. The van der Waals surface area contributed by atoms with Gasteiger partial charge in [-0.25, -0.2) is 9.78 Å². The number of carbonyl (C=O) groups excluding carboxylic acids is 2. The largest absolute Gasteiger partial charge is 0.493 e. The summed E-state index contributed by atoms with van der Waals surface area (Å²) in [5.74, 6) is 1.82. The average Bonchev–Trinajstić information content (AvgIpc) is 3.30. The molecule has 1 aromatic carbocycles. The summed E-state index contributed by atoms with van der Waals surface area (Å²) in [7, 11) is 1.61. The van der Waals surface area contributed by atoms with Gasteiger partial charge in [0.25, 0.3) is 5.91 Å². The van der Waals surface area contributed by atoms with E-state index in [4.69, 9.17) is 9.47 Å². The molecule has 2 heterocycles. The van der Waals surface area contributed by atoms with Gasteiger partial charge >= 0.3 is 6.03 Å². The van der Waals surface area contributed by atoms with Crippen LogP contribution in [0.1, 0.15) is 45.2 Å². The maximum absolute atomic E-state index is 13.1. The fraction of sp³-hybridized carbons (Fsp3) is 0.500. The lowest BCUT2D eigenvalue weighted by Gasteiger charge is -2.33. The van der Waals surface area contributed by atoms with Gasteiger partial charge in [-0.2, -0.15) is 0 Å². The van der Waals surface area contributed by atoms with Gasteiger partial charge in [-0.3, -0.25) is 9.69 Å². The lowest BCUT2D eigenvalue weighted by molar-refractivity contribution is -0.133. The molecule has 7 nitrogen and oxygen atoms in total. The number of nitrogens with zero attached hydrogens (tertiary/aromatic N) is 2. The first-order valence-corrected chi connectivity index (χ1v) is 11.2. The van der Waals surface area contributed by atoms with Crippen LogP contribution in [0.4, 0.5) is 4.79 Å². The van der Waals surface area contributed by atoms with Crippen LogP contribution < -0.4 is 14.8 Å². The number of hydrogen-bond donors (Lipinski definition) is 1. The molecule has 4 rings (SSSR count). The number of nitrogens with one attached hydrogen (secondary N) is 1. The zero-order valence-corrected chi connectivity index (χ0v) is 18.4. The van der Waals surface area contributed by atoms with E-state index < -0.39 is 5.54 Å². The van der Waals surface area contributed by atoms with Gasteiger partial charge in [0.1, 0.15) is 10.5 Å². The lowest BCUT2D eigenvalue weighted by atomic mass is 9.77. The van der Waals surface area contributed by atoms with Crippen LogP contribution >= 0.6 is 11.3 Å². The number of benzene rings is 1. The predicted octanol–water partition coefficient (Wildman–Crippen LogP) is 4.22. The summed E-state index contributed by atoms with van der Waals surface area (Å²) < 4.78 is 11.0. The van der Waals surface area contributed by atoms with Crippen molar-refractivity contribution in [1.82, 2.24) is 15.2 Å². The van der Waals surface area contributed by atoms with Crippen LogP contribution in [-0.2, 0) is 11.3 Å². The van der Waals surface area contributed by atoms with Crippen molar-refractivity contribution in [3.63, 3.8) is 0 Å². The monoisotopic (exact) mass is 429 g/mol. The molecule has 2 aromatic rings. The van der Waals surface area contributed by atoms with Gasteiger partial charge < -0.3 is 14.8 Å². The van der Waals surface area contributed by atoms with E-state index in [-0.39, 0.29) is 18.5 Å². The van der Waals surface area contributed by atoms with Gasteiger partial charge in [0.05, 0.1) is 26.0 Å². The Hall–Kier alpha value is -2.61. The number of methoxy groups -OCH3 is 1. The minimum atomic E-state index is -0.717. The second-order valence-electron chi connectivity index (χ2n) is 8.03. The summed E-state index contributed by atoms with van der Waals surface area (Å²) in [6.07, 6.45) is 3.34. The predicted molar refractivity (Wildman–Crippen MR) is 115 cm³/mol. The lowest BCUT2D eigenvalue weighted by Crippen LogP contribution is -2.49. The molecule has 0 unspecified atom stereocenters. The van der Waals surface area contributed by atoms with E-state index in [0.717, 1.165) is 23.4 Å². The van der Waals surface area contributed by atoms with Crippen LogP contribution in [0.15, 0.2) is 23.6 Å². The second-order valence-corrected chi connectivity index (χ2v) is 8.89. The van der Waals surface area contributed by atoms with Crippen molar-refractivity contribution in [2.45, 2.75) is 51.6 Å². The molecule has 0 atom stereocenters. The standard InChI is InChI=1S/C22H27N3O4S/c1-4-29-17-6-5-15(11-18(17)28-3)19-23-16(13-30-19)12-25-20(26)22(24-21(25)27)9-7-14(2)8-10-22/h5-6,11,13-14H,4,7-10,12H2,1-3H3,(H,24,27). The molecule has 1 aromatic heterocycles. The Bertz CT molecular complexity index is 950. The molecule has 0 radical (unpaired) electrons. The Labute approximate surface area is 180 Å². The van der Waals surface area contributed by atoms with Crippen molar-refractivity contribution < 1.29 is 19.1 Å². The molecule has 1 aliphatic carbocycles. The Morgan fingerprint density at radius 3 is 2.73 bits per heavy atom. The van der Waals surface area contributed by atoms with Gasteiger partial charge in [0.2, 0.25) is 0 Å². The molecule has 1 saturated heterocycles. The fourth-order valence-corrected chi connectivity index (χ4v) is 4.97. The third kappa shape index (κ3) is 3.76. The maximum Gasteiger partial charge on any atom is 0.325 e. The first-order valence-electron chi connectivity index (χ1n) is 10.4. The highest BCUT2D eigenvalue weighted by atomic mass is 32.1. The first kappa shape index (κ1) is 20.7. The van der Waals surface area contributed by atoms with E-state index in [9.17, 15) is 9.59 Å². The molecular formula is C22H27N3O4S. The molecule has 1 spiro atoms. The van der Waals surface area contributed by atoms with Crippen molar-refractivity contribution >= 4 is 23.3 Å². The second kappa shape index (κ2) is 8.26. The highest BCUT2D eigenvalue weighted by Crippen LogP contribution is 2.37. The van der Waals surface area contributed by atoms with Gasteiger partial charge in [0, 0.05) is 10.9 Å². The minimum absolute atomic E-state index is 0.114. The van der Waals surface area contributed by atoms with E-state index in [0.29, 0.717) is 42.6 Å². The van der Waals surface area contributed by atoms with Gasteiger partial charge in [0.15, 0.2) is 11.5 Å². The average molecular weight is 430 g/mol. The van der Waals surface area contributed by atoms with E-state index in [1.165, 1.54) is 16.2 Å². The molecule has 1 saturated carbocycles. The summed E-state index contributed by atoms with van der Waals surface area (Å²) in [5.41, 5.74) is 0.888. The summed E-state index contributed by atoms with van der Waals surface area (Å²) >= 11 is 1.48. The Balaban J connectivity index is 1.50. The molecular weight excluding hydrogens is 402 g/mol. The smallest absolute Gasteiger partial charge is 0.325 e. The van der Waals surface area contributed by atoms with Crippen LogP contribution in [0, 0.1) is 5.92 Å². The van der Waals surface area contributed by atoms with E-state index in [2.05, 4.69) is 17.2 Å². The maximum atomic E-state index is 13.1. The Kier molecular flexibility index (Phi) is 5.69. The summed E-state index contributed by atoms with van der Waals surface area (Å²) in [6.45, 7) is 4.86. The molecule has 1 N–H and O–H groups in total. The number of urea groups is 1. The van der Waals surface area contributed by atoms with Crippen molar-refractivity contribution in [2.24, 2.45) is 5.92 Å². The van der Waals surface area contributed by atoms with Crippen molar-refractivity contribution in [3.8, 4) is 22.1 Å². The molecule has 1 aliphatic heterocycles. The van der Waals surface area contributed by atoms with Crippen molar-refractivity contribution in [3.05, 3.63) is 29.3 Å². The van der Waals surface area contributed by atoms with Crippen LogP contribution in [0.3, 0.4) is 0 Å². The number of carbonyl (C=O) groups is 2.